The van der Waals surface area contributed by atoms with Crippen molar-refractivity contribution in [2.24, 2.45) is 0 Å². The molecular weight excluding hydrogens is 298 g/mol. The number of rotatable bonds is 3. The van der Waals surface area contributed by atoms with Crippen molar-refractivity contribution in [3.05, 3.63) is 34.4 Å². The van der Waals surface area contributed by atoms with Crippen LogP contribution in [0.15, 0.2) is 24.3 Å². The predicted molar refractivity (Wildman–Crippen MR) is 89.7 cm³/mol. The third-order valence-electron chi connectivity index (χ3n) is 3.29. The summed E-state index contributed by atoms with van der Waals surface area (Å²) < 4.78 is 4.55. The predicted octanol–water partition coefficient (Wildman–Crippen LogP) is 2.35. The maximum Gasteiger partial charge on any atom is 0.293 e. The molecule has 128 valence electrons. The van der Waals surface area contributed by atoms with E-state index < -0.39 is 0 Å². The van der Waals surface area contributed by atoms with Crippen LogP contribution in [0.1, 0.15) is 27.7 Å². The summed E-state index contributed by atoms with van der Waals surface area (Å²) in [4.78, 5) is 22.3. The van der Waals surface area contributed by atoms with Gasteiger partial charge < -0.3 is 15.0 Å². The Balaban J connectivity index is 0.000000322. The van der Waals surface area contributed by atoms with E-state index in [1.54, 1.807) is 12.1 Å². The molecule has 7 heteroatoms. The fourth-order valence-corrected chi connectivity index (χ4v) is 2.20. The summed E-state index contributed by atoms with van der Waals surface area (Å²) in [6, 6.07) is 7.21. The van der Waals surface area contributed by atoms with Gasteiger partial charge in [-0.25, -0.2) is 0 Å². The Hall–Kier alpha value is -2.15. The lowest BCUT2D eigenvalue weighted by atomic mass is 10.1. The Morgan fingerprint density at radius 2 is 2.04 bits per heavy atom. The van der Waals surface area contributed by atoms with Crippen LogP contribution in [0, 0.1) is 10.1 Å². The summed E-state index contributed by atoms with van der Waals surface area (Å²) >= 11 is 0. The third-order valence-corrected chi connectivity index (χ3v) is 3.29. The number of nitro benzene ring substituents is 1. The highest BCUT2D eigenvalue weighted by molar-refractivity contribution is 5.63. The Morgan fingerprint density at radius 3 is 2.52 bits per heavy atom. The number of ether oxygens (including phenoxy) is 1. The molecular formula is C16H25N3O4. The molecule has 1 atom stereocenters. The van der Waals surface area contributed by atoms with Gasteiger partial charge in [0.15, 0.2) is 0 Å². The second-order valence-electron chi connectivity index (χ2n) is 6.32. The number of hydrogen-bond acceptors (Lipinski definition) is 6. The number of nitrogens with one attached hydrogen (secondary N) is 1. The van der Waals surface area contributed by atoms with E-state index in [1.165, 1.54) is 0 Å². The molecule has 1 fully saturated rings. The molecule has 1 saturated heterocycles. The number of piperazine rings is 1. The first kappa shape index (κ1) is 18.9. The molecule has 0 aromatic heterocycles. The Kier molecular flexibility index (Phi) is 6.96. The SMILES string of the molecule is CC(C)(C)OC=O.CC1CNCCN1c1ccccc1[N+](=O)[O-]. The lowest BCUT2D eigenvalue weighted by molar-refractivity contribution is -0.384. The molecule has 7 nitrogen and oxygen atoms in total. The second kappa shape index (κ2) is 8.47. The number of carbonyl (C=O) groups excluding carboxylic acids is 1. The van der Waals surface area contributed by atoms with Crippen LogP contribution >= 0.6 is 0 Å². The van der Waals surface area contributed by atoms with Crippen molar-refractivity contribution >= 4 is 17.8 Å². The molecule has 23 heavy (non-hydrogen) atoms. The summed E-state index contributed by atoms with van der Waals surface area (Å²) in [6.07, 6.45) is 0. The van der Waals surface area contributed by atoms with E-state index in [-0.39, 0.29) is 22.3 Å². The topological polar surface area (TPSA) is 84.7 Å². The molecule has 0 aliphatic carbocycles. The van der Waals surface area contributed by atoms with Crippen LogP contribution < -0.4 is 10.2 Å². The molecule has 0 bridgehead atoms. The van der Waals surface area contributed by atoms with E-state index >= 15 is 0 Å². The largest absolute Gasteiger partial charge is 0.462 e. The van der Waals surface area contributed by atoms with Crippen LogP contribution in [0.25, 0.3) is 0 Å². The van der Waals surface area contributed by atoms with Gasteiger partial charge in [-0.2, -0.15) is 0 Å². The molecule has 0 radical (unpaired) electrons. The van der Waals surface area contributed by atoms with Crippen molar-refractivity contribution in [2.75, 3.05) is 24.5 Å². The first-order valence-electron chi connectivity index (χ1n) is 7.58. The zero-order valence-corrected chi connectivity index (χ0v) is 14.1. The minimum atomic E-state index is -0.318. The van der Waals surface area contributed by atoms with Gasteiger partial charge in [-0.05, 0) is 33.8 Å². The number of nitrogens with zero attached hydrogens (tertiary/aromatic N) is 2. The first-order chi connectivity index (χ1) is 10.8. The van der Waals surface area contributed by atoms with Crippen LogP contribution in [0.4, 0.5) is 11.4 Å². The van der Waals surface area contributed by atoms with E-state index in [0.29, 0.717) is 6.47 Å². The zero-order chi connectivity index (χ0) is 17.5. The molecule has 1 heterocycles. The van der Waals surface area contributed by atoms with Gasteiger partial charge in [0.1, 0.15) is 11.3 Å². The van der Waals surface area contributed by atoms with Crippen LogP contribution in [-0.2, 0) is 9.53 Å². The Labute approximate surface area is 136 Å². The van der Waals surface area contributed by atoms with Gasteiger partial charge in [0.05, 0.1) is 4.92 Å². The molecule has 1 aliphatic rings. The molecule has 0 spiro atoms. The van der Waals surface area contributed by atoms with E-state index in [4.69, 9.17) is 0 Å². The highest BCUT2D eigenvalue weighted by Gasteiger charge is 2.24. The maximum atomic E-state index is 10.9. The zero-order valence-electron chi connectivity index (χ0n) is 14.1. The average molecular weight is 323 g/mol. The number of anilines is 1. The van der Waals surface area contributed by atoms with Crippen molar-refractivity contribution in [3.8, 4) is 0 Å². The Morgan fingerprint density at radius 1 is 1.39 bits per heavy atom. The van der Waals surface area contributed by atoms with Crippen LogP contribution in [0.5, 0.6) is 0 Å². The molecule has 2 rings (SSSR count). The minimum Gasteiger partial charge on any atom is -0.462 e. The monoisotopic (exact) mass is 323 g/mol. The minimum absolute atomic E-state index is 0.191. The van der Waals surface area contributed by atoms with Gasteiger partial charge in [-0.15, -0.1) is 0 Å². The van der Waals surface area contributed by atoms with Crippen molar-refractivity contribution in [3.63, 3.8) is 0 Å². The molecule has 1 aromatic rings. The summed E-state index contributed by atoms with van der Waals surface area (Å²) in [6.45, 7) is 10.5. The van der Waals surface area contributed by atoms with Crippen LogP contribution in [0.2, 0.25) is 0 Å². The van der Waals surface area contributed by atoms with Crippen LogP contribution in [-0.4, -0.2) is 42.7 Å². The van der Waals surface area contributed by atoms with E-state index in [2.05, 4.69) is 21.9 Å². The number of hydrogen-bond donors (Lipinski definition) is 1. The fourth-order valence-electron chi connectivity index (χ4n) is 2.20. The number of carbonyl (C=O) groups is 1. The number of nitro groups is 1. The molecule has 1 aliphatic heterocycles. The molecule has 0 saturated carbocycles. The number of benzene rings is 1. The molecule has 0 amide bonds. The van der Waals surface area contributed by atoms with Gasteiger partial charge in [-0.1, -0.05) is 12.1 Å². The van der Waals surface area contributed by atoms with Crippen molar-refractivity contribution < 1.29 is 14.5 Å². The van der Waals surface area contributed by atoms with Gasteiger partial charge in [0.25, 0.3) is 12.2 Å². The molecule has 1 unspecified atom stereocenters. The van der Waals surface area contributed by atoms with E-state index in [9.17, 15) is 14.9 Å². The summed E-state index contributed by atoms with van der Waals surface area (Å²) in [5, 5.41) is 14.2. The van der Waals surface area contributed by atoms with E-state index in [1.807, 2.05) is 32.9 Å². The van der Waals surface area contributed by atoms with Gasteiger partial charge in [-0.3, -0.25) is 14.9 Å². The average Bonchev–Trinajstić information content (AvgIpc) is 2.47. The van der Waals surface area contributed by atoms with E-state index in [0.717, 1.165) is 25.3 Å². The second-order valence-corrected chi connectivity index (χ2v) is 6.32. The normalized spacial score (nSPS) is 17.7. The highest BCUT2D eigenvalue weighted by atomic mass is 16.6. The quantitative estimate of drug-likeness (QED) is 0.522. The highest BCUT2D eigenvalue weighted by Crippen LogP contribution is 2.29. The maximum absolute atomic E-state index is 10.9. The summed E-state index contributed by atoms with van der Waals surface area (Å²) in [7, 11) is 0. The van der Waals surface area contributed by atoms with Crippen LogP contribution in [0.3, 0.4) is 0 Å². The standard InChI is InChI=1S/C11H15N3O2.C5H10O2/c1-9-8-12-6-7-13(9)10-4-2-3-5-11(10)14(15)16;1-5(2,3)7-4-6/h2-5,9,12H,6-8H2,1H3;4H,1-3H3. The first-order valence-corrected chi connectivity index (χ1v) is 7.58. The van der Waals surface area contributed by atoms with Crippen molar-refractivity contribution in [1.82, 2.24) is 5.32 Å². The lowest BCUT2D eigenvalue weighted by Crippen LogP contribution is -2.50. The smallest absolute Gasteiger partial charge is 0.293 e. The van der Waals surface area contributed by atoms with Gasteiger partial charge >= 0.3 is 0 Å². The number of para-hydroxylation sites is 2. The van der Waals surface area contributed by atoms with Crippen molar-refractivity contribution in [2.45, 2.75) is 39.3 Å². The van der Waals surface area contributed by atoms with Crippen molar-refractivity contribution in [1.29, 1.82) is 0 Å². The Bertz CT molecular complexity index is 528. The third kappa shape index (κ3) is 6.23. The fraction of sp³-hybridized carbons (Fsp3) is 0.562. The summed E-state index contributed by atoms with van der Waals surface area (Å²) in [5.74, 6) is 0. The summed E-state index contributed by atoms with van der Waals surface area (Å²) in [5.41, 5.74) is 0.597. The lowest BCUT2D eigenvalue weighted by Gasteiger charge is -2.35. The molecule has 1 N–H and O–H groups in total. The van der Waals surface area contributed by atoms with Gasteiger partial charge in [0.2, 0.25) is 0 Å². The molecule has 1 aromatic carbocycles. The van der Waals surface area contributed by atoms with Gasteiger partial charge in [0, 0.05) is 31.7 Å².